The van der Waals surface area contributed by atoms with E-state index in [2.05, 4.69) is 31.2 Å². The number of aryl methyl sites for hydroxylation is 3. The van der Waals surface area contributed by atoms with Gasteiger partial charge >= 0.3 is 0 Å². The van der Waals surface area contributed by atoms with E-state index in [-0.39, 0.29) is 10.6 Å². The normalized spacial score (nSPS) is 13.4. The van der Waals surface area contributed by atoms with Gasteiger partial charge in [-0.15, -0.1) is 11.3 Å². The van der Waals surface area contributed by atoms with Crippen LogP contribution in [0, 0.1) is 17.0 Å². The van der Waals surface area contributed by atoms with Crippen LogP contribution in [0.2, 0.25) is 0 Å². The number of nitrogens with zero attached hydrogens (tertiary/aromatic N) is 2. The molecule has 0 bridgehead atoms. The van der Waals surface area contributed by atoms with E-state index in [0.717, 1.165) is 28.8 Å². The van der Waals surface area contributed by atoms with E-state index in [0.29, 0.717) is 11.3 Å². The zero-order valence-electron chi connectivity index (χ0n) is 16.1. The first-order valence-corrected chi connectivity index (χ1v) is 10.7. The van der Waals surface area contributed by atoms with Crippen LogP contribution in [-0.2, 0) is 12.8 Å². The highest BCUT2D eigenvalue weighted by Gasteiger charge is 2.23. The highest BCUT2D eigenvalue weighted by Crippen LogP contribution is 2.43. The minimum absolute atomic E-state index is 0.0931. The third-order valence-electron chi connectivity index (χ3n) is 5.66. The van der Waals surface area contributed by atoms with Crippen LogP contribution in [-0.4, -0.2) is 9.91 Å². The highest BCUT2D eigenvalue weighted by atomic mass is 32.1. The summed E-state index contributed by atoms with van der Waals surface area (Å²) in [6, 6.07) is 17.4. The molecule has 0 unspecified atom stereocenters. The van der Waals surface area contributed by atoms with Crippen molar-refractivity contribution in [2.24, 2.45) is 0 Å². The molecule has 2 aromatic carbocycles. The molecule has 4 aromatic rings. The molecule has 4 nitrogen and oxygen atoms in total. The van der Waals surface area contributed by atoms with E-state index in [4.69, 9.17) is 4.98 Å². The molecule has 1 aliphatic carbocycles. The second-order valence-electron chi connectivity index (χ2n) is 7.59. The van der Waals surface area contributed by atoms with Crippen molar-refractivity contribution in [3.63, 3.8) is 0 Å². The number of aromatic nitrogens is 1. The number of benzene rings is 2. The largest absolute Gasteiger partial charge is 0.278 e. The number of pyridine rings is 1. The number of hydrogen-bond donors (Lipinski definition) is 0. The van der Waals surface area contributed by atoms with Crippen molar-refractivity contribution in [3.05, 3.63) is 80.7 Å². The lowest BCUT2D eigenvalue weighted by Gasteiger charge is -2.13. The van der Waals surface area contributed by atoms with Crippen LogP contribution in [0.4, 0.5) is 5.69 Å². The Morgan fingerprint density at radius 1 is 1.00 bits per heavy atom. The summed E-state index contributed by atoms with van der Waals surface area (Å²) in [5, 5.41) is 12.8. The molecular weight excluding hydrogens is 380 g/mol. The van der Waals surface area contributed by atoms with E-state index in [9.17, 15) is 10.1 Å². The van der Waals surface area contributed by atoms with Gasteiger partial charge in [-0.1, -0.05) is 42.0 Å². The van der Waals surface area contributed by atoms with E-state index in [1.54, 1.807) is 29.5 Å². The van der Waals surface area contributed by atoms with Gasteiger partial charge in [0.1, 0.15) is 4.83 Å². The predicted octanol–water partition coefficient (Wildman–Crippen LogP) is 6.73. The minimum atomic E-state index is -0.327. The lowest BCUT2D eigenvalue weighted by Crippen LogP contribution is -1.99. The van der Waals surface area contributed by atoms with Crippen LogP contribution in [0.3, 0.4) is 0 Å². The number of nitro benzene ring substituents is 1. The molecule has 2 heterocycles. The summed E-state index contributed by atoms with van der Waals surface area (Å²) in [5.41, 5.74) is 6.23. The van der Waals surface area contributed by atoms with Crippen molar-refractivity contribution < 1.29 is 4.92 Å². The fourth-order valence-corrected chi connectivity index (χ4v) is 5.49. The lowest BCUT2D eigenvalue weighted by atomic mass is 9.92. The molecule has 5 heteroatoms. The number of thiophene rings is 1. The quantitative estimate of drug-likeness (QED) is 0.283. The molecule has 1 aliphatic rings. The van der Waals surface area contributed by atoms with Gasteiger partial charge < -0.3 is 0 Å². The number of fused-ring (bicyclic) bond motifs is 3. The lowest BCUT2D eigenvalue weighted by molar-refractivity contribution is -0.384. The second-order valence-corrected chi connectivity index (χ2v) is 8.67. The van der Waals surface area contributed by atoms with Crippen LogP contribution in [0.1, 0.15) is 28.8 Å². The van der Waals surface area contributed by atoms with Gasteiger partial charge in [-0.2, -0.15) is 0 Å². The summed E-state index contributed by atoms with van der Waals surface area (Å²) in [7, 11) is 0. The van der Waals surface area contributed by atoms with Crippen molar-refractivity contribution in [1.29, 1.82) is 0 Å². The summed E-state index contributed by atoms with van der Waals surface area (Å²) in [6.07, 6.45) is 4.61. The second kappa shape index (κ2) is 7.08. The average molecular weight is 401 g/mol. The van der Waals surface area contributed by atoms with Crippen molar-refractivity contribution in [2.75, 3.05) is 0 Å². The standard InChI is InChI=1S/C24H20N2O2S/c1-15-10-12-16(13-11-15)19-14-20(17-6-2-4-8-21(17)26(27)28)25-24-23(19)18-7-3-5-9-22(18)29-24/h2,4,6,8,10-14H,3,5,7,9H2,1H3. The van der Waals surface area contributed by atoms with Crippen LogP contribution in [0.5, 0.6) is 0 Å². The van der Waals surface area contributed by atoms with E-state index in [1.807, 2.05) is 12.1 Å². The maximum absolute atomic E-state index is 11.6. The third kappa shape index (κ3) is 3.12. The monoisotopic (exact) mass is 400 g/mol. The van der Waals surface area contributed by atoms with Crippen molar-refractivity contribution >= 4 is 27.2 Å². The zero-order chi connectivity index (χ0) is 20.0. The van der Waals surface area contributed by atoms with Gasteiger partial charge in [-0.3, -0.25) is 10.1 Å². The maximum atomic E-state index is 11.6. The number of nitro groups is 1. The molecule has 0 N–H and O–H groups in total. The average Bonchev–Trinajstić information content (AvgIpc) is 3.12. The topological polar surface area (TPSA) is 56.0 Å². The molecule has 0 fully saturated rings. The molecule has 0 saturated heterocycles. The summed E-state index contributed by atoms with van der Waals surface area (Å²) in [6.45, 7) is 2.08. The van der Waals surface area contributed by atoms with Gasteiger partial charge in [0.05, 0.1) is 16.2 Å². The smallest absolute Gasteiger partial charge is 0.258 e. The third-order valence-corrected chi connectivity index (χ3v) is 6.85. The Hall–Kier alpha value is -3.05. The molecule has 0 spiro atoms. The van der Waals surface area contributed by atoms with Gasteiger partial charge in [0.2, 0.25) is 0 Å². The van der Waals surface area contributed by atoms with E-state index >= 15 is 0 Å². The Labute approximate surface area is 173 Å². The molecular formula is C24H20N2O2S. The zero-order valence-corrected chi connectivity index (χ0v) is 17.0. The van der Waals surface area contributed by atoms with Crippen molar-refractivity contribution in [2.45, 2.75) is 32.6 Å². The highest BCUT2D eigenvalue weighted by molar-refractivity contribution is 7.19. The summed E-state index contributed by atoms with van der Waals surface area (Å²) >= 11 is 1.75. The predicted molar refractivity (Wildman–Crippen MR) is 119 cm³/mol. The first-order valence-electron chi connectivity index (χ1n) is 9.88. The molecule has 0 aliphatic heterocycles. The Bertz CT molecular complexity index is 1240. The molecule has 5 rings (SSSR count). The van der Waals surface area contributed by atoms with E-state index < -0.39 is 0 Å². The van der Waals surface area contributed by atoms with Gasteiger partial charge in [-0.05, 0) is 61.4 Å². The van der Waals surface area contributed by atoms with Gasteiger partial charge in [0.15, 0.2) is 0 Å². The first-order chi connectivity index (χ1) is 14.1. The summed E-state index contributed by atoms with van der Waals surface area (Å²) in [4.78, 5) is 18.6. The summed E-state index contributed by atoms with van der Waals surface area (Å²) in [5.74, 6) is 0. The van der Waals surface area contributed by atoms with Crippen LogP contribution >= 0.6 is 11.3 Å². The fourth-order valence-electron chi connectivity index (χ4n) is 4.21. The molecule has 144 valence electrons. The van der Waals surface area contributed by atoms with Crippen molar-refractivity contribution in [3.8, 4) is 22.4 Å². The van der Waals surface area contributed by atoms with Crippen LogP contribution in [0.15, 0.2) is 54.6 Å². The summed E-state index contributed by atoms with van der Waals surface area (Å²) < 4.78 is 0. The molecule has 0 saturated carbocycles. The van der Waals surface area contributed by atoms with Gasteiger partial charge in [-0.25, -0.2) is 4.98 Å². The number of rotatable bonds is 3. The molecule has 0 radical (unpaired) electrons. The Morgan fingerprint density at radius 2 is 1.76 bits per heavy atom. The van der Waals surface area contributed by atoms with Gasteiger partial charge in [0.25, 0.3) is 5.69 Å². The maximum Gasteiger partial charge on any atom is 0.278 e. The van der Waals surface area contributed by atoms with Crippen LogP contribution in [0.25, 0.3) is 32.6 Å². The van der Waals surface area contributed by atoms with Crippen LogP contribution < -0.4 is 0 Å². The molecule has 29 heavy (non-hydrogen) atoms. The minimum Gasteiger partial charge on any atom is -0.258 e. The SMILES string of the molecule is Cc1ccc(-c2cc(-c3ccccc3[N+](=O)[O-])nc3sc4c(c23)CCCC4)cc1. The van der Waals surface area contributed by atoms with Crippen molar-refractivity contribution in [1.82, 2.24) is 4.98 Å². The Morgan fingerprint density at radius 3 is 2.55 bits per heavy atom. The fraction of sp³-hybridized carbons (Fsp3) is 0.208. The number of para-hydroxylation sites is 1. The Kier molecular flexibility index (Phi) is 4.40. The Balaban J connectivity index is 1.82. The van der Waals surface area contributed by atoms with E-state index in [1.165, 1.54) is 34.2 Å². The first kappa shape index (κ1) is 18.0. The number of hydrogen-bond acceptors (Lipinski definition) is 4. The van der Waals surface area contributed by atoms with Gasteiger partial charge in [0, 0.05) is 16.3 Å². The molecule has 2 aromatic heterocycles. The molecule has 0 atom stereocenters. The molecule has 0 amide bonds.